The molecule has 7 heteroatoms. The second-order valence-corrected chi connectivity index (χ2v) is 1.85. The van der Waals surface area contributed by atoms with E-state index in [-0.39, 0.29) is 12.2 Å². The highest BCUT2D eigenvalue weighted by Crippen LogP contribution is 2.27. The molecule has 0 aliphatic carbocycles. The first kappa shape index (κ1) is 8.52. The van der Waals surface area contributed by atoms with E-state index in [9.17, 15) is 13.2 Å². The molecule has 1 aromatic heterocycles. The molecule has 1 rings (SSSR count). The van der Waals surface area contributed by atoms with Crippen molar-refractivity contribution in [1.29, 1.82) is 5.26 Å². The smallest absolute Gasteiger partial charge is 0.329 e. The van der Waals surface area contributed by atoms with Crippen molar-refractivity contribution < 1.29 is 17.7 Å². The SMILES string of the molecule is N#CCc1noc(C(F)(F)F)n1. The van der Waals surface area contributed by atoms with Crippen LogP contribution in [0.3, 0.4) is 0 Å². The van der Waals surface area contributed by atoms with Crippen LogP contribution in [-0.4, -0.2) is 10.1 Å². The maximum absolute atomic E-state index is 11.8. The quantitative estimate of drug-likeness (QED) is 0.645. The molecule has 0 fully saturated rings. The minimum absolute atomic E-state index is 0.259. The fraction of sp³-hybridized carbons (Fsp3) is 0.400. The number of alkyl halides is 3. The standard InChI is InChI=1S/C5H2F3N3O/c6-5(7,8)4-10-3(1-2-9)11-12-4/h1H2. The highest BCUT2D eigenvalue weighted by molar-refractivity contribution is 4.95. The van der Waals surface area contributed by atoms with Crippen LogP contribution in [0.4, 0.5) is 13.2 Å². The van der Waals surface area contributed by atoms with Gasteiger partial charge in [-0.2, -0.15) is 23.4 Å². The van der Waals surface area contributed by atoms with Gasteiger partial charge in [-0.3, -0.25) is 0 Å². The molecule has 0 saturated carbocycles. The lowest BCUT2D eigenvalue weighted by molar-refractivity contribution is -0.159. The molecule has 0 N–H and O–H groups in total. The summed E-state index contributed by atoms with van der Waals surface area (Å²) < 4.78 is 39.1. The Labute approximate surface area is 64.6 Å². The lowest BCUT2D eigenvalue weighted by Gasteiger charge is -1.95. The minimum atomic E-state index is -4.64. The van der Waals surface area contributed by atoms with E-state index in [1.807, 2.05) is 0 Å². The van der Waals surface area contributed by atoms with Crippen LogP contribution in [-0.2, 0) is 12.6 Å². The molecule has 0 aliphatic rings. The minimum Gasteiger partial charge on any atom is -0.329 e. The molecule has 4 nitrogen and oxygen atoms in total. The van der Waals surface area contributed by atoms with Gasteiger partial charge in [0.25, 0.3) is 0 Å². The first-order chi connectivity index (χ1) is 5.54. The second-order valence-electron chi connectivity index (χ2n) is 1.85. The van der Waals surface area contributed by atoms with Crippen molar-refractivity contribution in [3.8, 4) is 6.07 Å². The van der Waals surface area contributed by atoms with Gasteiger partial charge in [-0.05, 0) is 0 Å². The summed E-state index contributed by atoms with van der Waals surface area (Å²) in [5.41, 5.74) is 0. The summed E-state index contributed by atoms with van der Waals surface area (Å²) in [6.07, 6.45) is -4.93. The van der Waals surface area contributed by atoms with E-state index in [4.69, 9.17) is 5.26 Å². The Hall–Kier alpha value is -1.58. The molecule has 12 heavy (non-hydrogen) atoms. The topological polar surface area (TPSA) is 62.7 Å². The zero-order valence-corrected chi connectivity index (χ0v) is 5.59. The maximum atomic E-state index is 11.8. The first-order valence-corrected chi connectivity index (χ1v) is 2.81. The molecule has 0 spiro atoms. The molecule has 0 aliphatic heterocycles. The van der Waals surface area contributed by atoms with Crippen LogP contribution in [0.2, 0.25) is 0 Å². The molecule has 1 heterocycles. The fourth-order valence-corrected chi connectivity index (χ4v) is 0.512. The number of halogens is 3. The van der Waals surface area contributed by atoms with Gasteiger partial charge in [-0.15, -0.1) is 0 Å². The highest BCUT2D eigenvalue weighted by atomic mass is 19.4. The number of hydrogen-bond donors (Lipinski definition) is 0. The maximum Gasteiger partial charge on any atom is 0.471 e. The Morgan fingerprint density at radius 2 is 2.17 bits per heavy atom. The Balaban J connectivity index is 2.86. The van der Waals surface area contributed by atoms with Crippen molar-refractivity contribution in [2.45, 2.75) is 12.6 Å². The lowest BCUT2D eigenvalue weighted by Crippen LogP contribution is -2.05. The Kier molecular flexibility index (Phi) is 1.99. The predicted octanol–water partition coefficient (Wildman–Crippen LogP) is 1.15. The van der Waals surface area contributed by atoms with Gasteiger partial charge >= 0.3 is 12.1 Å². The molecule has 64 valence electrons. The number of rotatable bonds is 1. The van der Waals surface area contributed by atoms with E-state index in [1.165, 1.54) is 0 Å². The Morgan fingerprint density at radius 3 is 2.58 bits per heavy atom. The van der Waals surface area contributed by atoms with Crippen LogP contribution in [0.1, 0.15) is 11.7 Å². The monoisotopic (exact) mass is 177 g/mol. The molecular weight excluding hydrogens is 175 g/mol. The number of nitriles is 1. The summed E-state index contributed by atoms with van der Waals surface area (Å²) in [4.78, 5) is 2.95. The summed E-state index contributed by atoms with van der Waals surface area (Å²) in [7, 11) is 0. The molecule has 0 amide bonds. The summed E-state index contributed by atoms with van der Waals surface area (Å²) in [5.74, 6) is -1.68. The molecule has 0 unspecified atom stereocenters. The van der Waals surface area contributed by atoms with E-state index >= 15 is 0 Å². The van der Waals surface area contributed by atoms with Gasteiger partial charge in [0.2, 0.25) is 0 Å². The van der Waals surface area contributed by atoms with Gasteiger partial charge in [0, 0.05) is 0 Å². The van der Waals surface area contributed by atoms with Gasteiger partial charge < -0.3 is 4.52 Å². The van der Waals surface area contributed by atoms with E-state index in [0.29, 0.717) is 0 Å². The van der Waals surface area contributed by atoms with Crippen LogP contribution >= 0.6 is 0 Å². The lowest BCUT2D eigenvalue weighted by atomic mass is 10.4. The third-order valence-corrected chi connectivity index (χ3v) is 0.948. The van der Waals surface area contributed by atoms with Crippen LogP contribution < -0.4 is 0 Å². The fourth-order valence-electron chi connectivity index (χ4n) is 0.512. The summed E-state index contributed by atoms with van der Waals surface area (Å²) in [6, 6.07) is 1.60. The molecule has 0 atom stereocenters. The predicted molar refractivity (Wildman–Crippen MR) is 28.6 cm³/mol. The largest absolute Gasteiger partial charge is 0.471 e. The molecule has 0 bridgehead atoms. The second kappa shape index (κ2) is 2.81. The summed E-state index contributed by atoms with van der Waals surface area (Å²) >= 11 is 0. The third kappa shape index (κ3) is 1.72. The van der Waals surface area contributed by atoms with E-state index in [2.05, 4.69) is 14.7 Å². The number of aromatic nitrogens is 2. The van der Waals surface area contributed by atoms with Gasteiger partial charge in [-0.1, -0.05) is 5.16 Å². The van der Waals surface area contributed by atoms with Gasteiger partial charge in [-0.25, -0.2) is 0 Å². The van der Waals surface area contributed by atoms with Crippen molar-refractivity contribution in [3.05, 3.63) is 11.7 Å². The van der Waals surface area contributed by atoms with E-state index < -0.39 is 12.1 Å². The van der Waals surface area contributed by atoms with Crippen molar-refractivity contribution in [3.63, 3.8) is 0 Å². The van der Waals surface area contributed by atoms with Gasteiger partial charge in [0.15, 0.2) is 5.82 Å². The molecule has 0 saturated heterocycles. The molecular formula is C5H2F3N3O. The summed E-state index contributed by atoms with van der Waals surface area (Å²) in [5, 5.41) is 11.0. The molecule has 0 aromatic carbocycles. The zero-order chi connectivity index (χ0) is 9.19. The van der Waals surface area contributed by atoms with Crippen molar-refractivity contribution in [1.82, 2.24) is 10.1 Å². The normalized spacial score (nSPS) is 11.2. The van der Waals surface area contributed by atoms with Crippen molar-refractivity contribution in [2.75, 3.05) is 0 Å². The van der Waals surface area contributed by atoms with E-state index in [0.717, 1.165) is 0 Å². The number of nitrogens with zero attached hydrogens (tertiary/aromatic N) is 3. The average molecular weight is 177 g/mol. The molecule has 1 aromatic rings. The molecule has 0 radical (unpaired) electrons. The Bertz CT molecular complexity index is 310. The highest BCUT2D eigenvalue weighted by Gasteiger charge is 2.38. The summed E-state index contributed by atoms with van der Waals surface area (Å²) in [6.45, 7) is 0. The van der Waals surface area contributed by atoms with Crippen LogP contribution in [0.25, 0.3) is 0 Å². The third-order valence-electron chi connectivity index (χ3n) is 0.948. The van der Waals surface area contributed by atoms with Crippen LogP contribution in [0.15, 0.2) is 4.52 Å². The van der Waals surface area contributed by atoms with Gasteiger partial charge in [0.1, 0.15) is 0 Å². The number of hydrogen-bond acceptors (Lipinski definition) is 4. The first-order valence-electron chi connectivity index (χ1n) is 2.81. The van der Waals surface area contributed by atoms with E-state index in [1.54, 1.807) is 6.07 Å². The Morgan fingerprint density at radius 1 is 1.50 bits per heavy atom. The zero-order valence-electron chi connectivity index (χ0n) is 5.59. The van der Waals surface area contributed by atoms with Crippen LogP contribution in [0.5, 0.6) is 0 Å². The van der Waals surface area contributed by atoms with Crippen LogP contribution in [0, 0.1) is 11.3 Å². The van der Waals surface area contributed by atoms with Crippen molar-refractivity contribution >= 4 is 0 Å². The van der Waals surface area contributed by atoms with Crippen molar-refractivity contribution in [2.24, 2.45) is 0 Å². The average Bonchev–Trinajstić information content (AvgIpc) is 2.35. The van der Waals surface area contributed by atoms with Gasteiger partial charge in [0.05, 0.1) is 12.5 Å².